The van der Waals surface area contributed by atoms with Gasteiger partial charge in [0.1, 0.15) is 11.5 Å². The molecule has 0 bridgehead atoms. The minimum atomic E-state index is -2.22. The molecule has 0 radical (unpaired) electrons. The molecular weight excluding hydrogens is 350 g/mol. The molecule has 1 N–H and O–H groups in total. The first-order valence-electron chi connectivity index (χ1n) is 5.55. The van der Waals surface area contributed by atoms with E-state index in [-0.39, 0.29) is 24.0 Å². The molecule has 4 nitrogen and oxygen atoms in total. The lowest BCUT2D eigenvalue weighted by atomic mass is 10.2. The van der Waals surface area contributed by atoms with Crippen molar-refractivity contribution in [2.45, 2.75) is 16.3 Å². The van der Waals surface area contributed by atoms with Gasteiger partial charge in [0.25, 0.3) is 0 Å². The van der Waals surface area contributed by atoms with Crippen molar-refractivity contribution in [2.75, 3.05) is 12.5 Å². The van der Waals surface area contributed by atoms with Crippen LogP contribution >= 0.6 is 46.4 Å². The topological polar surface area (TPSA) is 55.8 Å². The lowest BCUT2D eigenvalue weighted by Gasteiger charge is -2.34. The van der Waals surface area contributed by atoms with Crippen LogP contribution in [0.4, 0.5) is 0 Å². The molecule has 0 amide bonds. The zero-order chi connectivity index (χ0) is 15.4. The lowest BCUT2D eigenvalue weighted by molar-refractivity contribution is -0.155. The van der Waals surface area contributed by atoms with Gasteiger partial charge in [-0.3, -0.25) is 0 Å². The van der Waals surface area contributed by atoms with Crippen LogP contribution in [-0.2, 0) is 9.53 Å². The Morgan fingerprint density at radius 2 is 1.80 bits per heavy atom. The van der Waals surface area contributed by atoms with Gasteiger partial charge < -0.3 is 14.6 Å². The number of phenols is 1. The van der Waals surface area contributed by atoms with Crippen LogP contribution in [0.3, 0.4) is 0 Å². The molecule has 8 heteroatoms. The van der Waals surface area contributed by atoms with Crippen molar-refractivity contribution in [2.24, 2.45) is 0 Å². The molecule has 0 aromatic heterocycles. The molecule has 0 aliphatic heterocycles. The molecule has 112 valence electrons. The normalized spacial score (nSPS) is 14.4. The predicted molar refractivity (Wildman–Crippen MR) is 79.1 cm³/mol. The van der Waals surface area contributed by atoms with Crippen molar-refractivity contribution in [3.05, 3.63) is 24.3 Å². The van der Waals surface area contributed by atoms with Crippen molar-refractivity contribution in [3.63, 3.8) is 0 Å². The number of rotatable bonds is 6. The molecule has 1 aromatic carbocycles. The van der Waals surface area contributed by atoms with Crippen LogP contribution in [0.1, 0.15) is 6.92 Å². The van der Waals surface area contributed by atoms with Crippen LogP contribution < -0.4 is 4.74 Å². The number of esters is 1. The van der Waals surface area contributed by atoms with Crippen LogP contribution in [-0.4, -0.2) is 33.0 Å². The van der Waals surface area contributed by atoms with Crippen molar-refractivity contribution in [1.82, 2.24) is 0 Å². The molecule has 1 unspecified atom stereocenters. The number of aromatic hydroxyl groups is 1. The third-order valence-electron chi connectivity index (χ3n) is 2.27. The fourth-order valence-corrected chi connectivity index (χ4v) is 1.95. The van der Waals surface area contributed by atoms with Crippen molar-refractivity contribution < 1.29 is 19.4 Å². The Kier molecular flexibility index (Phi) is 6.07. The Bertz CT molecular complexity index is 463. The highest BCUT2D eigenvalue weighted by molar-refractivity contribution is 6.58. The van der Waals surface area contributed by atoms with E-state index in [2.05, 4.69) is 0 Å². The smallest absolute Gasteiger partial charge is 0.370 e. The van der Waals surface area contributed by atoms with E-state index >= 15 is 0 Å². The summed E-state index contributed by atoms with van der Waals surface area (Å²) >= 11 is 23.7. The number of ether oxygens (including phenoxy) is 2. The number of benzene rings is 1. The van der Waals surface area contributed by atoms with Crippen molar-refractivity contribution in [3.8, 4) is 11.5 Å². The van der Waals surface area contributed by atoms with Crippen LogP contribution in [0, 0.1) is 0 Å². The molecule has 1 aromatic rings. The Hall–Kier alpha value is -0.550. The zero-order valence-corrected chi connectivity index (χ0v) is 13.4. The first kappa shape index (κ1) is 17.5. The third-order valence-corrected chi connectivity index (χ3v) is 4.49. The summed E-state index contributed by atoms with van der Waals surface area (Å²) in [5.74, 6) is -1.13. The Balaban J connectivity index is 3.11. The average molecular weight is 362 g/mol. The van der Waals surface area contributed by atoms with Gasteiger partial charge in [-0.15, -0.1) is 11.6 Å². The van der Waals surface area contributed by atoms with E-state index in [1.807, 2.05) is 0 Å². The summed E-state index contributed by atoms with van der Waals surface area (Å²) < 4.78 is 8.26. The maximum atomic E-state index is 12.0. The number of hydrogen-bond donors (Lipinski definition) is 1. The number of alkyl halides is 4. The minimum absolute atomic E-state index is 0.0222. The highest BCUT2D eigenvalue weighted by atomic mass is 35.5. The van der Waals surface area contributed by atoms with E-state index in [9.17, 15) is 9.90 Å². The van der Waals surface area contributed by atoms with Gasteiger partial charge in [0, 0.05) is 0 Å². The second-order valence-electron chi connectivity index (χ2n) is 3.75. The maximum absolute atomic E-state index is 12.0. The molecule has 0 aliphatic carbocycles. The number of phenolic OH excluding ortho intramolecular Hbond substituents is 1. The molecule has 1 atom stereocenters. The largest absolute Gasteiger partial charge is 0.508 e. The standard InChI is InChI=1S/C12H12Cl4O4/c1-2-19-10(18)12(16,11(14,15)7-13)20-9-5-3-8(17)4-6-9/h3-6,17H,2,7H2,1H3. The van der Waals surface area contributed by atoms with E-state index < -0.39 is 15.4 Å². The number of carbonyl (C=O) groups is 1. The van der Waals surface area contributed by atoms with Gasteiger partial charge in [-0.1, -0.05) is 34.8 Å². The summed E-state index contributed by atoms with van der Waals surface area (Å²) in [6, 6.07) is 5.48. The van der Waals surface area contributed by atoms with Crippen LogP contribution in [0.25, 0.3) is 0 Å². The lowest BCUT2D eigenvalue weighted by Crippen LogP contribution is -2.55. The Morgan fingerprint density at radius 1 is 1.25 bits per heavy atom. The molecule has 0 spiro atoms. The first-order valence-corrected chi connectivity index (χ1v) is 7.21. The summed E-state index contributed by atoms with van der Waals surface area (Å²) in [6.45, 7) is 1.67. The van der Waals surface area contributed by atoms with Crippen molar-refractivity contribution >= 4 is 52.4 Å². The molecule has 20 heavy (non-hydrogen) atoms. The van der Waals surface area contributed by atoms with Gasteiger partial charge in [-0.2, -0.15) is 0 Å². The minimum Gasteiger partial charge on any atom is -0.508 e. The fourth-order valence-electron chi connectivity index (χ4n) is 1.25. The van der Waals surface area contributed by atoms with Crippen LogP contribution in [0.5, 0.6) is 11.5 Å². The first-order chi connectivity index (χ1) is 9.26. The quantitative estimate of drug-likeness (QED) is 0.620. The molecular formula is C12H12Cl4O4. The highest BCUT2D eigenvalue weighted by Gasteiger charge is 2.58. The number of halogens is 4. The highest BCUT2D eigenvalue weighted by Crippen LogP contribution is 2.43. The van der Waals surface area contributed by atoms with E-state index in [0.717, 1.165) is 0 Å². The molecule has 0 aliphatic rings. The van der Waals surface area contributed by atoms with Gasteiger partial charge in [0.2, 0.25) is 0 Å². The van der Waals surface area contributed by atoms with Gasteiger partial charge in [-0.05, 0) is 31.2 Å². The number of hydrogen-bond acceptors (Lipinski definition) is 4. The second-order valence-corrected chi connectivity index (χ2v) is 6.03. The van der Waals surface area contributed by atoms with E-state index in [1.165, 1.54) is 24.3 Å². The summed E-state index contributed by atoms with van der Waals surface area (Å²) in [7, 11) is 0. The summed E-state index contributed by atoms with van der Waals surface area (Å²) in [5.41, 5.74) is 0. The van der Waals surface area contributed by atoms with E-state index in [0.29, 0.717) is 0 Å². The fraction of sp³-hybridized carbons (Fsp3) is 0.417. The zero-order valence-electron chi connectivity index (χ0n) is 10.4. The van der Waals surface area contributed by atoms with Gasteiger partial charge in [-0.25, -0.2) is 4.79 Å². The summed E-state index contributed by atoms with van der Waals surface area (Å²) in [4.78, 5) is 12.0. The predicted octanol–water partition coefficient (Wildman–Crippen LogP) is 3.68. The Labute approximate surface area is 136 Å². The maximum Gasteiger partial charge on any atom is 0.370 e. The average Bonchev–Trinajstić information content (AvgIpc) is 2.41. The number of carbonyl (C=O) groups excluding carboxylic acids is 1. The monoisotopic (exact) mass is 360 g/mol. The SMILES string of the molecule is CCOC(=O)C(Cl)(Oc1ccc(O)cc1)C(Cl)(Cl)CCl. The van der Waals surface area contributed by atoms with Gasteiger partial charge in [0.15, 0.2) is 4.33 Å². The van der Waals surface area contributed by atoms with Crippen LogP contribution in [0.2, 0.25) is 0 Å². The Morgan fingerprint density at radius 3 is 2.25 bits per heavy atom. The van der Waals surface area contributed by atoms with Gasteiger partial charge in [0.05, 0.1) is 12.5 Å². The molecule has 0 saturated heterocycles. The summed E-state index contributed by atoms with van der Waals surface area (Å²) in [6.07, 6.45) is 0. The molecule has 0 heterocycles. The molecule has 0 saturated carbocycles. The van der Waals surface area contributed by atoms with Crippen molar-refractivity contribution in [1.29, 1.82) is 0 Å². The van der Waals surface area contributed by atoms with E-state index in [1.54, 1.807) is 6.92 Å². The molecule has 1 rings (SSSR count). The van der Waals surface area contributed by atoms with Gasteiger partial charge >= 0.3 is 11.0 Å². The summed E-state index contributed by atoms with van der Waals surface area (Å²) in [5, 5.41) is 6.98. The third kappa shape index (κ3) is 3.76. The second kappa shape index (κ2) is 6.94. The van der Waals surface area contributed by atoms with E-state index in [4.69, 9.17) is 55.9 Å². The van der Waals surface area contributed by atoms with Crippen LogP contribution in [0.15, 0.2) is 24.3 Å². The molecule has 0 fully saturated rings.